The van der Waals surface area contributed by atoms with Gasteiger partial charge in [-0.05, 0) is 75.8 Å². The van der Waals surface area contributed by atoms with Gasteiger partial charge in [0.1, 0.15) is 11.9 Å². The molecule has 1 aliphatic heterocycles. The molecule has 14 heteroatoms. The number of carbonyl (C=O) groups is 2. The van der Waals surface area contributed by atoms with Crippen LogP contribution in [0.2, 0.25) is 0 Å². The Kier molecular flexibility index (Phi) is 12.1. The molecule has 1 amide bonds. The second-order valence-electron chi connectivity index (χ2n) is 9.93. The molecule has 10 nitrogen and oxygen atoms in total. The maximum Gasteiger partial charge on any atom is 0.501 e. The van der Waals surface area contributed by atoms with Crippen molar-refractivity contribution in [1.82, 2.24) is 15.2 Å². The molecule has 0 saturated carbocycles. The van der Waals surface area contributed by atoms with Crippen LogP contribution in [-0.2, 0) is 32.2 Å². The number of aryl methyl sites for hydroxylation is 2. The first-order valence-corrected chi connectivity index (χ1v) is 15.4. The maximum absolute atomic E-state index is 13.1. The Balaban J connectivity index is 1.59. The van der Waals surface area contributed by atoms with E-state index < -0.39 is 43.7 Å². The zero-order valence-corrected chi connectivity index (χ0v) is 24.3. The van der Waals surface area contributed by atoms with Gasteiger partial charge in [-0.2, -0.15) is 13.2 Å². The summed E-state index contributed by atoms with van der Waals surface area (Å²) >= 11 is 0. The summed E-state index contributed by atoms with van der Waals surface area (Å²) in [5.41, 5.74) is -4.19. The number of rotatable bonds is 16. The van der Waals surface area contributed by atoms with Crippen LogP contribution in [0, 0.1) is 0 Å². The zero-order chi connectivity index (χ0) is 30.8. The summed E-state index contributed by atoms with van der Waals surface area (Å²) in [4.78, 5) is 30.2. The molecule has 232 valence electrons. The van der Waals surface area contributed by atoms with Crippen LogP contribution in [0.15, 0.2) is 41.3 Å². The fraction of sp³-hybridized carbons (Fsp3) is 0.536. The number of fused-ring (bicyclic) bond motifs is 1. The molecule has 0 fully saturated rings. The van der Waals surface area contributed by atoms with Gasteiger partial charge in [0.05, 0.1) is 17.1 Å². The second-order valence-corrected chi connectivity index (χ2v) is 11.8. The molecule has 1 atom stereocenters. The van der Waals surface area contributed by atoms with E-state index in [1.165, 1.54) is 11.6 Å². The van der Waals surface area contributed by atoms with Gasteiger partial charge in [0.15, 0.2) is 0 Å². The van der Waals surface area contributed by atoms with Gasteiger partial charge >= 0.3 is 11.5 Å². The predicted octanol–water partition coefficient (Wildman–Crippen LogP) is 3.67. The summed E-state index contributed by atoms with van der Waals surface area (Å²) in [5.74, 6) is -1.67. The van der Waals surface area contributed by atoms with E-state index in [1.54, 1.807) is 0 Å². The first-order valence-electron chi connectivity index (χ1n) is 13.9. The monoisotopic (exact) mass is 614 g/mol. The molecule has 42 heavy (non-hydrogen) atoms. The van der Waals surface area contributed by atoms with Crippen molar-refractivity contribution in [2.24, 2.45) is 0 Å². The molecule has 1 aromatic heterocycles. The van der Waals surface area contributed by atoms with E-state index in [9.17, 15) is 36.3 Å². The third kappa shape index (κ3) is 9.13. The van der Waals surface area contributed by atoms with Crippen LogP contribution in [0.5, 0.6) is 0 Å². The number of amides is 1. The van der Waals surface area contributed by atoms with Gasteiger partial charge in [-0.3, -0.25) is 4.79 Å². The number of alkyl halides is 3. The molecular formula is C28H37F3N4O6S. The topological polar surface area (TPSA) is 138 Å². The van der Waals surface area contributed by atoms with Gasteiger partial charge in [0.2, 0.25) is 0 Å². The largest absolute Gasteiger partial charge is 0.501 e. The van der Waals surface area contributed by atoms with Gasteiger partial charge in [-0.1, -0.05) is 18.2 Å². The maximum atomic E-state index is 13.1. The quantitative estimate of drug-likeness (QED) is 0.242. The second kappa shape index (κ2) is 15.3. The molecule has 1 aliphatic rings. The van der Waals surface area contributed by atoms with E-state index in [1.807, 2.05) is 17.9 Å². The van der Waals surface area contributed by atoms with Gasteiger partial charge in [-0.15, -0.1) is 0 Å². The highest BCUT2D eigenvalue weighted by Gasteiger charge is 2.48. The Hall–Kier alpha value is -3.23. The minimum atomic E-state index is -5.82. The normalized spacial score (nSPS) is 14.2. The molecule has 0 saturated heterocycles. The number of nitrogens with zero attached hydrogens (tertiary/aromatic N) is 2. The molecule has 2 aromatic rings. The third-order valence-electron chi connectivity index (χ3n) is 6.93. The van der Waals surface area contributed by atoms with Crippen LogP contribution < -0.4 is 10.6 Å². The third-order valence-corrected chi connectivity index (χ3v) is 8.47. The van der Waals surface area contributed by atoms with E-state index in [0.29, 0.717) is 32.4 Å². The summed E-state index contributed by atoms with van der Waals surface area (Å²) in [6.45, 7) is 5.10. The Morgan fingerprint density at radius 2 is 1.90 bits per heavy atom. The number of aliphatic carboxylic acids is 1. The lowest BCUT2D eigenvalue weighted by Gasteiger charge is -2.24. The number of halogens is 3. The van der Waals surface area contributed by atoms with Gasteiger partial charge in [-0.25, -0.2) is 18.2 Å². The van der Waals surface area contributed by atoms with Crippen molar-refractivity contribution in [3.63, 3.8) is 0 Å². The summed E-state index contributed by atoms with van der Waals surface area (Å²) < 4.78 is 68.8. The number of carboxylic acid groups (broad SMARTS) is 1. The first kappa shape index (κ1) is 33.3. The van der Waals surface area contributed by atoms with Crippen molar-refractivity contribution in [2.45, 2.75) is 61.9 Å². The summed E-state index contributed by atoms with van der Waals surface area (Å²) in [6.07, 6.45) is 4.47. The SMILES string of the molecule is CCOCCN(CCCCc1ccc2c(n1)NCCC2)CCC(NC(=O)c1ccccc1S(=O)(=O)C(F)(F)F)C(=O)O. The number of benzene rings is 1. The summed E-state index contributed by atoms with van der Waals surface area (Å²) in [7, 11) is -5.82. The van der Waals surface area contributed by atoms with Crippen molar-refractivity contribution in [1.29, 1.82) is 0 Å². The lowest BCUT2D eigenvalue weighted by Crippen LogP contribution is -2.44. The number of anilines is 1. The zero-order valence-electron chi connectivity index (χ0n) is 23.5. The average Bonchev–Trinajstić information content (AvgIpc) is 2.96. The molecule has 3 N–H and O–H groups in total. The smallest absolute Gasteiger partial charge is 0.480 e. The van der Waals surface area contributed by atoms with Crippen LogP contribution in [-0.4, -0.2) is 86.2 Å². The van der Waals surface area contributed by atoms with Crippen molar-refractivity contribution >= 4 is 27.5 Å². The summed E-state index contributed by atoms with van der Waals surface area (Å²) in [5, 5.41) is 15.2. The lowest BCUT2D eigenvalue weighted by atomic mass is 10.1. The Morgan fingerprint density at radius 3 is 2.62 bits per heavy atom. The van der Waals surface area contributed by atoms with E-state index in [0.717, 1.165) is 62.3 Å². The number of unbranched alkanes of at least 4 members (excludes halogenated alkanes) is 1. The molecule has 0 spiro atoms. The first-order chi connectivity index (χ1) is 19.9. The van der Waals surface area contributed by atoms with Crippen LogP contribution in [0.4, 0.5) is 19.0 Å². The lowest BCUT2D eigenvalue weighted by molar-refractivity contribution is -0.139. The minimum absolute atomic E-state index is 0.0561. The number of hydrogen-bond donors (Lipinski definition) is 3. The van der Waals surface area contributed by atoms with Gasteiger partial charge in [0.25, 0.3) is 15.7 Å². The number of aromatic nitrogens is 1. The number of hydrogen-bond acceptors (Lipinski definition) is 8. The van der Waals surface area contributed by atoms with Crippen LogP contribution in [0.3, 0.4) is 0 Å². The molecule has 3 rings (SSSR count). The van der Waals surface area contributed by atoms with E-state index in [-0.39, 0.29) is 13.0 Å². The van der Waals surface area contributed by atoms with Gasteiger partial charge < -0.3 is 25.4 Å². The minimum Gasteiger partial charge on any atom is -0.480 e. The highest BCUT2D eigenvalue weighted by Crippen LogP contribution is 2.32. The molecule has 0 bridgehead atoms. The number of carboxylic acids is 1. The molecule has 1 aromatic carbocycles. The van der Waals surface area contributed by atoms with Crippen molar-refractivity contribution in [3.8, 4) is 0 Å². The Bertz CT molecular complexity index is 1320. The number of pyridine rings is 1. The molecule has 0 aliphatic carbocycles. The number of sulfone groups is 1. The molecule has 1 unspecified atom stereocenters. The Labute approximate surface area is 243 Å². The van der Waals surface area contributed by atoms with Gasteiger partial charge in [0, 0.05) is 31.9 Å². The van der Waals surface area contributed by atoms with E-state index >= 15 is 0 Å². The molecule has 0 radical (unpaired) electrons. The predicted molar refractivity (Wildman–Crippen MR) is 150 cm³/mol. The van der Waals surface area contributed by atoms with Crippen molar-refractivity contribution in [2.75, 3.05) is 44.7 Å². The number of nitrogens with one attached hydrogen (secondary N) is 2. The Morgan fingerprint density at radius 1 is 1.14 bits per heavy atom. The fourth-order valence-corrected chi connectivity index (χ4v) is 5.60. The molecular weight excluding hydrogens is 577 g/mol. The van der Waals surface area contributed by atoms with Crippen molar-refractivity contribution < 1.29 is 41.0 Å². The van der Waals surface area contributed by atoms with Crippen molar-refractivity contribution in [3.05, 3.63) is 53.2 Å². The van der Waals surface area contributed by atoms with Crippen LogP contribution in [0.1, 0.15) is 54.2 Å². The number of carbonyl (C=O) groups excluding carboxylic acids is 1. The van der Waals surface area contributed by atoms with Crippen LogP contribution in [0.25, 0.3) is 0 Å². The van der Waals surface area contributed by atoms with E-state index in [4.69, 9.17) is 9.72 Å². The van der Waals surface area contributed by atoms with Crippen LogP contribution >= 0.6 is 0 Å². The molecule has 2 heterocycles. The number of ether oxygens (including phenoxy) is 1. The average molecular weight is 615 g/mol. The standard InChI is InChI=1S/C28H37F3N4O6S/c1-2-41-19-18-35(16-6-5-9-21-13-12-20-8-7-15-32-25(20)33-21)17-14-23(27(37)38)34-26(36)22-10-3-4-11-24(22)42(39,40)28(29,30)31/h3-4,10-13,23H,2,5-9,14-19H2,1H3,(H,32,33)(H,34,36)(H,37,38). The summed E-state index contributed by atoms with van der Waals surface area (Å²) in [6, 6.07) is 6.52. The fourth-order valence-electron chi connectivity index (χ4n) is 4.64. The van der Waals surface area contributed by atoms with E-state index in [2.05, 4.69) is 16.7 Å². The highest BCUT2D eigenvalue weighted by molar-refractivity contribution is 7.92. The highest BCUT2D eigenvalue weighted by atomic mass is 32.2.